The molecule has 0 unspecified atom stereocenters. The van der Waals surface area contributed by atoms with Crippen molar-refractivity contribution < 1.29 is 23.1 Å². The zero-order valence-electron chi connectivity index (χ0n) is 10.5. The molecule has 19 heavy (non-hydrogen) atoms. The van der Waals surface area contributed by atoms with Crippen molar-refractivity contribution in [1.82, 2.24) is 9.71 Å². The Kier molecular flexibility index (Phi) is 5.87. The van der Waals surface area contributed by atoms with E-state index in [1.54, 1.807) is 0 Å². The number of carbonyl (C=O) groups excluding carboxylic acids is 1. The highest BCUT2D eigenvalue weighted by atomic mass is 32.2. The quantitative estimate of drug-likeness (QED) is 0.537. The van der Waals surface area contributed by atoms with Gasteiger partial charge in [-0.15, -0.1) is 0 Å². The molecule has 0 atom stereocenters. The molecule has 0 radical (unpaired) electrons. The first kappa shape index (κ1) is 15.5. The van der Waals surface area contributed by atoms with Crippen molar-refractivity contribution in [2.45, 2.75) is 17.9 Å². The zero-order chi connectivity index (χ0) is 14.3. The van der Waals surface area contributed by atoms with Crippen molar-refractivity contribution >= 4 is 16.0 Å². The van der Waals surface area contributed by atoms with Gasteiger partial charge < -0.3 is 9.84 Å². The number of sulfonamides is 1. The average Bonchev–Trinajstić information content (AvgIpc) is 2.43. The smallest absolute Gasteiger partial charge is 0.340 e. The monoisotopic (exact) mass is 288 g/mol. The number of ether oxygens (including phenoxy) is 1. The van der Waals surface area contributed by atoms with E-state index in [0.717, 1.165) is 0 Å². The van der Waals surface area contributed by atoms with Gasteiger partial charge in [0.15, 0.2) is 5.03 Å². The summed E-state index contributed by atoms with van der Waals surface area (Å²) in [4.78, 5) is 15.2. The van der Waals surface area contributed by atoms with E-state index in [1.165, 1.54) is 25.4 Å². The predicted octanol–water partition coefficient (Wildman–Crippen LogP) is -0.0810. The topological polar surface area (TPSA) is 106 Å². The van der Waals surface area contributed by atoms with Gasteiger partial charge in [0.05, 0.1) is 12.7 Å². The van der Waals surface area contributed by atoms with Gasteiger partial charge in [-0.1, -0.05) is 0 Å². The van der Waals surface area contributed by atoms with Gasteiger partial charge in [0.25, 0.3) is 10.0 Å². The normalized spacial score (nSPS) is 11.3. The average molecular weight is 288 g/mol. The van der Waals surface area contributed by atoms with E-state index in [1.807, 2.05) is 0 Å². The number of hydrogen-bond donors (Lipinski definition) is 2. The number of pyridine rings is 1. The Morgan fingerprint density at radius 2 is 2.21 bits per heavy atom. The summed E-state index contributed by atoms with van der Waals surface area (Å²) in [6.07, 6.45) is 2.28. The molecule has 0 amide bonds. The summed E-state index contributed by atoms with van der Waals surface area (Å²) < 4.78 is 30.8. The van der Waals surface area contributed by atoms with Crippen molar-refractivity contribution in [2.24, 2.45) is 0 Å². The number of aromatic nitrogens is 1. The van der Waals surface area contributed by atoms with Gasteiger partial charge in [-0.05, 0) is 25.0 Å². The van der Waals surface area contributed by atoms with Crippen LogP contribution in [0.15, 0.2) is 23.4 Å². The lowest BCUT2D eigenvalue weighted by molar-refractivity contribution is 0.0595. The molecule has 7 nitrogen and oxygen atoms in total. The summed E-state index contributed by atoms with van der Waals surface area (Å²) in [6.45, 7) is 0.165. The number of methoxy groups -OCH3 is 1. The fraction of sp³-hybridized carbons (Fsp3) is 0.455. The zero-order valence-corrected chi connectivity index (χ0v) is 11.3. The third-order valence-electron chi connectivity index (χ3n) is 2.31. The maximum absolute atomic E-state index is 12.0. The number of hydrogen-bond acceptors (Lipinski definition) is 6. The van der Waals surface area contributed by atoms with Crippen LogP contribution in [0.3, 0.4) is 0 Å². The van der Waals surface area contributed by atoms with Crippen LogP contribution in [0.4, 0.5) is 0 Å². The number of rotatable bonds is 7. The summed E-state index contributed by atoms with van der Waals surface area (Å²) in [5.74, 6) is -0.760. The van der Waals surface area contributed by atoms with Gasteiger partial charge in [0.1, 0.15) is 0 Å². The number of unbranched alkanes of at least 4 members (excludes halogenated alkanes) is 1. The summed E-state index contributed by atoms with van der Waals surface area (Å²) in [5, 5.41) is 8.26. The Morgan fingerprint density at radius 1 is 1.47 bits per heavy atom. The van der Waals surface area contributed by atoms with Crippen LogP contribution >= 0.6 is 0 Å². The molecule has 0 aliphatic rings. The van der Waals surface area contributed by atoms with Gasteiger partial charge in [0, 0.05) is 19.3 Å². The molecule has 1 aromatic heterocycles. The molecule has 1 rings (SSSR count). The Bertz CT molecular complexity index is 530. The first-order valence-electron chi connectivity index (χ1n) is 5.67. The molecule has 1 aromatic rings. The molecule has 0 fully saturated rings. The lowest BCUT2D eigenvalue weighted by Crippen LogP contribution is -2.27. The van der Waals surface area contributed by atoms with Crippen LogP contribution in [0.25, 0.3) is 0 Å². The summed E-state index contributed by atoms with van der Waals surface area (Å²) in [5.41, 5.74) is -0.111. The lowest BCUT2D eigenvalue weighted by atomic mass is 10.3. The Balaban J connectivity index is 2.92. The molecular weight excluding hydrogens is 272 g/mol. The molecule has 0 saturated heterocycles. The minimum absolute atomic E-state index is 0.00126. The fourth-order valence-corrected chi connectivity index (χ4v) is 2.57. The van der Waals surface area contributed by atoms with E-state index in [-0.39, 0.29) is 23.7 Å². The van der Waals surface area contributed by atoms with Crippen LogP contribution in [0.1, 0.15) is 23.2 Å². The van der Waals surface area contributed by atoms with E-state index in [0.29, 0.717) is 12.8 Å². The molecule has 0 spiro atoms. The van der Waals surface area contributed by atoms with Gasteiger partial charge >= 0.3 is 5.97 Å². The number of aliphatic hydroxyl groups excluding tert-OH is 1. The van der Waals surface area contributed by atoms with Crippen LogP contribution < -0.4 is 4.72 Å². The number of carbonyl (C=O) groups is 1. The Labute approximate surface area is 111 Å². The van der Waals surface area contributed by atoms with E-state index >= 15 is 0 Å². The SMILES string of the molecule is COC(=O)c1cccnc1S(=O)(=O)NCCCCO. The van der Waals surface area contributed by atoms with E-state index in [4.69, 9.17) is 5.11 Å². The first-order chi connectivity index (χ1) is 9.03. The van der Waals surface area contributed by atoms with Gasteiger partial charge in [-0.25, -0.2) is 22.9 Å². The highest BCUT2D eigenvalue weighted by Gasteiger charge is 2.23. The van der Waals surface area contributed by atoms with Gasteiger partial charge in [-0.3, -0.25) is 0 Å². The highest BCUT2D eigenvalue weighted by Crippen LogP contribution is 2.13. The third kappa shape index (κ3) is 4.27. The number of nitrogens with one attached hydrogen (secondary N) is 1. The number of aliphatic hydroxyl groups is 1. The van der Waals surface area contributed by atoms with E-state index < -0.39 is 16.0 Å². The van der Waals surface area contributed by atoms with Crippen LogP contribution in [0.2, 0.25) is 0 Å². The molecule has 8 heteroatoms. The minimum Gasteiger partial charge on any atom is -0.465 e. The van der Waals surface area contributed by atoms with E-state index in [2.05, 4.69) is 14.4 Å². The third-order valence-corrected chi connectivity index (χ3v) is 3.73. The van der Waals surface area contributed by atoms with Crippen LogP contribution in [-0.2, 0) is 14.8 Å². The lowest BCUT2D eigenvalue weighted by Gasteiger charge is -2.08. The maximum Gasteiger partial charge on any atom is 0.340 e. The van der Waals surface area contributed by atoms with Crippen molar-refractivity contribution in [2.75, 3.05) is 20.3 Å². The van der Waals surface area contributed by atoms with E-state index in [9.17, 15) is 13.2 Å². The van der Waals surface area contributed by atoms with Crippen LogP contribution in [-0.4, -0.2) is 44.7 Å². The van der Waals surface area contributed by atoms with Crippen LogP contribution in [0.5, 0.6) is 0 Å². The van der Waals surface area contributed by atoms with Gasteiger partial charge in [-0.2, -0.15) is 0 Å². The van der Waals surface area contributed by atoms with Crippen molar-refractivity contribution in [3.63, 3.8) is 0 Å². The van der Waals surface area contributed by atoms with Crippen LogP contribution in [0, 0.1) is 0 Å². The summed E-state index contributed by atoms with van der Waals surface area (Å²) >= 11 is 0. The largest absolute Gasteiger partial charge is 0.465 e. The molecule has 0 aliphatic heterocycles. The second-order valence-electron chi connectivity index (χ2n) is 3.68. The Hall–Kier alpha value is -1.51. The summed E-state index contributed by atoms with van der Waals surface area (Å²) in [7, 11) is -2.70. The predicted molar refractivity (Wildman–Crippen MR) is 67.1 cm³/mol. The minimum atomic E-state index is -3.87. The molecule has 0 aromatic carbocycles. The molecule has 0 saturated carbocycles. The fourth-order valence-electron chi connectivity index (χ4n) is 1.38. The Morgan fingerprint density at radius 3 is 2.84 bits per heavy atom. The molecule has 0 bridgehead atoms. The standard InChI is InChI=1S/C11H16N2O5S/c1-18-11(15)9-5-4-6-12-10(9)19(16,17)13-7-2-3-8-14/h4-6,13-14H,2-3,7-8H2,1H3. The molecule has 0 aliphatic carbocycles. The number of nitrogens with zero attached hydrogens (tertiary/aromatic N) is 1. The first-order valence-corrected chi connectivity index (χ1v) is 7.15. The second-order valence-corrected chi connectivity index (χ2v) is 5.36. The van der Waals surface area contributed by atoms with Crippen molar-refractivity contribution in [1.29, 1.82) is 0 Å². The van der Waals surface area contributed by atoms with Crippen molar-refractivity contribution in [3.05, 3.63) is 23.9 Å². The van der Waals surface area contributed by atoms with Crippen molar-refractivity contribution in [3.8, 4) is 0 Å². The molecule has 1 heterocycles. The molecule has 2 N–H and O–H groups in total. The molecular formula is C11H16N2O5S. The second kappa shape index (κ2) is 7.17. The maximum atomic E-state index is 12.0. The van der Waals surface area contributed by atoms with Gasteiger partial charge in [0.2, 0.25) is 0 Å². The number of esters is 1. The summed E-state index contributed by atoms with van der Waals surface area (Å²) in [6, 6.07) is 2.79. The highest BCUT2D eigenvalue weighted by molar-refractivity contribution is 7.89. The molecule has 106 valence electrons.